The molecule has 3 N–H and O–H groups in total. The Labute approximate surface area is 57.4 Å². The lowest BCUT2D eigenvalue weighted by molar-refractivity contribution is 0.886. The molecular weight excluding hydrogens is 136 g/mol. The van der Waals surface area contributed by atoms with Crippen LogP contribution in [0.3, 0.4) is 0 Å². The second-order valence-corrected chi connectivity index (χ2v) is 2.99. The SMILES string of the molecule is N.P.PC1CCCC1. The van der Waals surface area contributed by atoms with Crippen molar-refractivity contribution in [2.24, 2.45) is 0 Å². The van der Waals surface area contributed by atoms with Gasteiger partial charge in [0.1, 0.15) is 0 Å². The van der Waals surface area contributed by atoms with E-state index >= 15 is 0 Å². The minimum Gasteiger partial charge on any atom is -0.344 e. The van der Waals surface area contributed by atoms with Crippen LogP contribution in [-0.2, 0) is 0 Å². The minimum absolute atomic E-state index is 0. The lowest BCUT2D eigenvalue weighted by Gasteiger charge is -1.91. The molecule has 1 nitrogen and oxygen atoms in total. The summed E-state index contributed by atoms with van der Waals surface area (Å²) in [7, 11) is 2.87. The van der Waals surface area contributed by atoms with Crippen LogP contribution in [-0.4, -0.2) is 5.66 Å². The van der Waals surface area contributed by atoms with Crippen molar-refractivity contribution >= 4 is 19.1 Å². The summed E-state index contributed by atoms with van der Waals surface area (Å²) in [4.78, 5) is 0. The third-order valence-corrected chi connectivity index (χ3v) is 2.07. The molecule has 2 unspecified atom stereocenters. The maximum atomic E-state index is 2.87. The zero-order chi connectivity index (χ0) is 4.41. The number of rotatable bonds is 0. The Kier molecular flexibility index (Phi) is 8.62. The van der Waals surface area contributed by atoms with E-state index in [0.29, 0.717) is 0 Å². The Bertz CT molecular complexity index is 43.7. The van der Waals surface area contributed by atoms with Gasteiger partial charge in [-0.25, -0.2) is 0 Å². The molecule has 0 aromatic carbocycles. The minimum atomic E-state index is 0. The highest BCUT2D eigenvalue weighted by atomic mass is 31.0. The van der Waals surface area contributed by atoms with Crippen molar-refractivity contribution in [2.75, 3.05) is 0 Å². The van der Waals surface area contributed by atoms with Crippen molar-refractivity contribution in [2.45, 2.75) is 31.3 Å². The van der Waals surface area contributed by atoms with Gasteiger partial charge in [-0.2, -0.15) is 9.90 Å². The Balaban J connectivity index is 0. The van der Waals surface area contributed by atoms with Gasteiger partial charge in [0.15, 0.2) is 0 Å². The van der Waals surface area contributed by atoms with Gasteiger partial charge in [-0.15, -0.1) is 9.24 Å². The van der Waals surface area contributed by atoms with Gasteiger partial charge in [0, 0.05) is 0 Å². The second-order valence-electron chi connectivity index (χ2n) is 2.04. The van der Waals surface area contributed by atoms with Gasteiger partial charge in [0.05, 0.1) is 0 Å². The summed E-state index contributed by atoms with van der Waals surface area (Å²) in [6.07, 6.45) is 5.83. The average molecular weight is 153 g/mol. The normalized spacial score (nSPS) is 19.1. The van der Waals surface area contributed by atoms with E-state index in [9.17, 15) is 0 Å². The standard InChI is InChI=1S/C5H11P.H3N.H3P/c6-5-3-1-2-4-5;;/h5H,1-4,6H2;2*1H3. The molecule has 0 aromatic rings. The molecule has 0 amide bonds. The van der Waals surface area contributed by atoms with Crippen molar-refractivity contribution in [3.8, 4) is 0 Å². The Morgan fingerprint density at radius 1 is 1.12 bits per heavy atom. The number of hydrogen-bond donors (Lipinski definition) is 1. The second kappa shape index (κ2) is 5.95. The molecule has 1 aliphatic rings. The molecule has 0 saturated heterocycles. The van der Waals surface area contributed by atoms with Gasteiger partial charge in [-0.1, -0.05) is 12.8 Å². The Morgan fingerprint density at radius 2 is 1.50 bits per heavy atom. The summed E-state index contributed by atoms with van der Waals surface area (Å²) in [6.45, 7) is 0. The fourth-order valence-corrected chi connectivity index (χ4v) is 1.43. The lowest BCUT2D eigenvalue weighted by Crippen LogP contribution is -1.81. The molecule has 0 spiro atoms. The third kappa shape index (κ3) is 3.78. The predicted octanol–water partition coefficient (Wildman–Crippen LogP) is 2.02. The first-order valence-electron chi connectivity index (χ1n) is 2.65. The molecule has 2 atom stereocenters. The molecular formula is C5H17NP2. The lowest BCUT2D eigenvalue weighted by atomic mass is 10.4. The van der Waals surface area contributed by atoms with Crippen LogP contribution in [0.1, 0.15) is 25.7 Å². The Morgan fingerprint density at radius 3 is 1.62 bits per heavy atom. The van der Waals surface area contributed by atoms with Gasteiger partial charge in [-0.3, -0.25) is 0 Å². The van der Waals surface area contributed by atoms with E-state index in [1.807, 2.05) is 0 Å². The average Bonchev–Trinajstić information content (AvgIpc) is 1.86. The molecule has 1 fully saturated rings. The monoisotopic (exact) mass is 153 g/mol. The fraction of sp³-hybridized carbons (Fsp3) is 1.00. The highest BCUT2D eigenvalue weighted by molar-refractivity contribution is 7.17. The molecule has 8 heavy (non-hydrogen) atoms. The van der Waals surface area contributed by atoms with E-state index in [-0.39, 0.29) is 16.0 Å². The summed E-state index contributed by atoms with van der Waals surface area (Å²) in [5.41, 5.74) is 0.963. The zero-order valence-electron chi connectivity index (χ0n) is 5.40. The molecule has 52 valence electrons. The summed E-state index contributed by atoms with van der Waals surface area (Å²) in [5.74, 6) is 0. The quantitative estimate of drug-likeness (QED) is 0.531. The van der Waals surface area contributed by atoms with Crippen LogP contribution in [0.4, 0.5) is 0 Å². The van der Waals surface area contributed by atoms with Crippen LogP contribution in [0.25, 0.3) is 0 Å². The van der Waals surface area contributed by atoms with E-state index in [4.69, 9.17) is 0 Å². The molecule has 1 saturated carbocycles. The smallest absolute Gasteiger partial charge is 0.0264 e. The highest BCUT2D eigenvalue weighted by Gasteiger charge is 2.07. The summed E-state index contributed by atoms with van der Waals surface area (Å²) >= 11 is 0. The highest BCUT2D eigenvalue weighted by Crippen LogP contribution is 2.24. The van der Waals surface area contributed by atoms with Gasteiger partial charge in [0.2, 0.25) is 0 Å². The van der Waals surface area contributed by atoms with E-state index in [0.717, 1.165) is 5.66 Å². The maximum Gasteiger partial charge on any atom is -0.0264 e. The van der Waals surface area contributed by atoms with Crippen molar-refractivity contribution < 1.29 is 0 Å². The largest absolute Gasteiger partial charge is 0.344 e. The van der Waals surface area contributed by atoms with Crippen LogP contribution < -0.4 is 6.15 Å². The van der Waals surface area contributed by atoms with Crippen LogP contribution in [0.15, 0.2) is 0 Å². The van der Waals surface area contributed by atoms with E-state index in [2.05, 4.69) is 9.24 Å². The van der Waals surface area contributed by atoms with Crippen LogP contribution in [0, 0.1) is 0 Å². The van der Waals surface area contributed by atoms with Gasteiger partial charge >= 0.3 is 0 Å². The Hall–Kier alpha value is 0.820. The van der Waals surface area contributed by atoms with Gasteiger partial charge in [-0.05, 0) is 18.5 Å². The molecule has 0 heterocycles. The molecule has 0 bridgehead atoms. The van der Waals surface area contributed by atoms with E-state index < -0.39 is 0 Å². The number of hydrogen-bond acceptors (Lipinski definition) is 1. The molecule has 3 heteroatoms. The maximum absolute atomic E-state index is 2.87. The van der Waals surface area contributed by atoms with Crippen molar-refractivity contribution in [1.82, 2.24) is 6.15 Å². The predicted molar refractivity (Wildman–Crippen MR) is 48.1 cm³/mol. The molecule has 0 radical (unpaired) electrons. The fourth-order valence-electron chi connectivity index (χ4n) is 0.957. The molecule has 0 aromatic heterocycles. The van der Waals surface area contributed by atoms with Crippen LogP contribution >= 0.6 is 19.1 Å². The zero-order valence-corrected chi connectivity index (χ0v) is 7.97. The van der Waals surface area contributed by atoms with Gasteiger partial charge < -0.3 is 6.15 Å². The first kappa shape index (κ1) is 11.6. The van der Waals surface area contributed by atoms with Crippen LogP contribution in [0.5, 0.6) is 0 Å². The third-order valence-electron chi connectivity index (χ3n) is 1.40. The van der Waals surface area contributed by atoms with E-state index in [1.54, 1.807) is 0 Å². The van der Waals surface area contributed by atoms with Crippen molar-refractivity contribution in [1.29, 1.82) is 0 Å². The molecule has 1 aliphatic carbocycles. The van der Waals surface area contributed by atoms with Gasteiger partial charge in [0.25, 0.3) is 0 Å². The first-order chi connectivity index (χ1) is 2.89. The first-order valence-corrected chi connectivity index (χ1v) is 3.32. The van der Waals surface area contributed by atoms with E-state index in [1.165, 1.54) is 25.7 Å². The summed E-state index contributed by atoms with van der Waals surface area (Å²) in [6, 6.07) is 0. The molecule has 0 aliphatic heterocycles. The van der Waals surface area contributed by atoms with Crippen LogP contribution in [0.2, 0.25) is 0 Å². The van der Waals surface area contributed by atoms with Crippen molar-refractivity contribution in [3.63, 3.8) is 0 Å². The molecule has 1 rings (SSSR count). The summed E-state index contributed by atoms with van der Waals surface area (Å²) < 4.78 is 0. The topological polar surface area (TPSA) is 35.0 Å². The van der Waals surface area contributed by atoms with Crippen molar-refractivity contribution in [3.05, 3.63) is 0 Å². The summed E-state index contributed by atoms with van der Waals surface area (Å²) in [5, 5.41) is 0.